The van der Waals surface area contributed by atoms with Crippen molar-refractivity contribution in [1.82, 2.24) is 0 Å². The van der Waals surface area contributed by atoms with Crippen LogP contribution < -0.4 is 4.98 Å². The molecule has 0 amide bonds. The summed E-state index contributed by atoms with van der Waals surface area (Å²) in [6.07, 6.45) is 5.79. The van der Waals surface area contributed by atoms with Crippen molar-refractivity contribution in [3.8, 4) is 0 Å². The minimum absolute atomic E-state index is 0.938. The third kappa shape index (κ3) is 1.12. The Morgan fingerprint density at radius 2 is 2.45 bits per heavy atom. The lowest BCUT2D eigenvalue weighted by molar-refractivity contribution is -0.375. The maximum absolute atomic E-state index is 5.46. The molecule has 2 heterocycles. The van der Waals surface area contributed by atoms with E-state index in [1.54, 1.807) is 11.8 Å². The molecule has 3 heteroatoms. The molecule has 0 saturated heterocycles. The van der Waals surface area contributed by atoms with Gasteiger partial charge >= 0.3 is 0 Å². The number of aromatic amines is 1. The highest BCUT2D eigenvalue weighted by Crippen LogP contribution is 2.23. The molecule has 2 rings (SSSR count). The van der Waals surface area contributed by atoms with Crippen molar-refractivity contribution in [2.75, 3.05) is 6.26 Å². The number of aromatic nitrogens is 1. The number of hydrogen-bond acceptors (Lipinski definition) is 2. The first-order valence-electron chi connectivity index (χ1n) is 3.34. The Labute approximate surface area is 68.6 Å². The molecule has 0 fully saturated rings. The summed E-state index contributed by atoms with van der Waals surface area (Å²) in [5.74, 6) is 0. The van der Waals surface area contributed by atoms with E-state index in [1.165, 1.54) is 0 Å². The second-order valence-corrected chi connectivity index (χ2v) is 3.04. The number of fused-ring (bicyclic) bond motifs is 1. The molecule has 0 aliphatic rings. The lowest BCUT2D eigenvalue weighted by atomic mass is 10.3. The van der Waals surface area contributed by atoms with Crippen LogP contribution in [-0.4, -0.2) is 6.26 Å². The number of H-pyrrole nitrogens is 1. The van der Waals surface area contributed by atoms with Crippen LogP contribution in [0.3, 0.4) is 0 Å². The maximum Gasteiger partial charge on any atom is 0.178 e. The van der Waals surface area contributed by atoms with Crippen LogP contribution in [0.1, 0.15) is 0 Å². The van der Waals surface area contributed by atoms with Crippen LogP contribution in [0, 0.1) is 0 Å². The van der Waals surface area contributed by atoms with Gasteiger partial charge < -0.3 is 4.42 Å². The molecule has 11 heavy (non-hydrogen) atoms. The molecule has 0 bridgehead atoms. The van der Waals surface area contributed by atoms with Gasteiger partial charge in [0.1, 0.15) is 5.58 Å². The Morgan fingerprint density at radius 1 is 1.55 bits per heavy atom. The van der Waals surface area contributed by atoms with Crippen LogP contribution in [0.5, 0.6) is 0 Å². The van der Waals surface area contributed by atoms with Crippen LogP contribution in [0.4, 0.5) is 0 Å². The fraction of sp³-hybridized carbons (Fsp3) is 0.125. The highest BCUT2D eigenvalue weighted by atomic mass is 32.2. The Hall–Kier alpha value is -0.960. The van der Waals surface area contributed by atoms with Gasteiger partial charge in [-0.05, 0) is 6.26 Å². The molecule has 0 aromatic carbocycles. The zero-order valence-corrected chi connectivity index (χ0v) is 6.94. The van der Waals surface area contributed by atoms with Crippen LogP contribution in [0.15, 0.2) is 34.0 Å². The normalized spacial score (nSPS) is 10.6. The van der Waals surface area contributed by atoms with E-state index in [9.17, 15) is 0 Å². The van der Waals surface area contributed by atoms with Crippen molar-refractivity contribution < 1.29 is 9.40 Å². The molecule has 2 nitrogen and oxygen atoms in total. The Kier molecular flexibility index (Phi) is 1.58. The number of pyridine rings is 1. The summed E-state index contributed by atoms with van der Waals surface area (Å²) in [6.45, 7) is 0. The van der Waals surface area contributed by atoms with E-state index in [2.05, 4.69) is 4.98 Å². The first kappa shape index (κ1) is 6.73. The van der Waals surface area contributed by atoms with Crippen molar-refractivity contribution in [2.24, 2.45) is 0 Å². The number of rotatable bonds is 1. The highest BCUT2D eigenvalue weighted by molar-refractivity contribution is 7.98. The topological polar surface area (TPSA) is 27.3 Å². The van der Waals surface area contributed by atoms with Gasteiger partial charge in [-0.2, -0.15) is 0 Å². The van der Waals surface area contributed by atoms with Crippen molar-refractivity contribution in [1.29, 1.82) is 0 Å². The van der Waals surface area contributed by atoms with Gasteiger partial charge in [0.05, 0.1) is 5.39 Å². The highest BCUT2D eigenvalue weighted by Gasteiger charge is 2.02. The summed E-state index contributed by atoms with van der Waals surface area (Å²) in [5.41, 5.74) is 0.938. The molecule has 2 aromatic heterocycles. The molecule has 0 unspecified atom stereocenters. The zero-order valence-electron chi connectivity index (χ0n) is 6.13. The maximum atomic E-state index is 5.46. The van der Waals surface area contributed by atoms with E-state index in [-0.39, 0.29) is 0 Å². The molecule has 0 radical (unpaired) electrons. The van der Waals surface area contributed by atoms with Gasteiger partial charge in [0.25, 0.3) is 0 Å². The van der Waals surface area contributed by atoms with Gasteiger partial charge in [0.2, 0.25) is 0 Å². The largest absolute Gasteiger partial charge is 0.449 e. The Balaban J connectivity index is 2.69. The van der Waals surface area contributed by atoms with E-state index in [1.807, 2.05) is 30.8 Å². The molecular formula is C8H8NOS+. The van der Waals surface area contributed by atoms with E-state index in [4.69, 9.17) is 4.42 Å². The second-order valence-electron chi connectivity index (χ2n) is 2.23. The van der Waals surface area contributed by atoms with Crippen LogP contribution in [0.2, 0.25) is 0 Å². The van der Waals surface area contributed by atoms with Gasteiger partial charge in [-0.25, -0.2) is 4.98 Å². The number of furan rings is 1. The molecular weight excluding hydrogens is 158 g/mol. The first-order chi connectivity index (χ1) is 5.40. The van der Waals surface area contributed by atoms with Gasteiger partial charge in [-0.3, -0.25) is 0 Å². The molecule has 2 aromatic rings. The molecule has 56 valence electrons. The summed E-state index contributed by atoms with van der Waals surface area (Å²) in [7, 11) is 0. The minimum atomic E-state index is 0.938. The fourth-order valence-corrected chi connectivity index (χ4v) is 1.42. The minimum Gasteiger partial charge on any atom is -0.449 e. The number of thioether (sulfide) groups is 1. The lowest BCUT2D eigenvalue weighted by Gasteiger charge is -1.81. The monoisotopic (exact) mass is 166 g/mol. The van der Waals surface area contributed by atoms with Gasteiger partial charge in [0.15, 0.2) is 17.5 Å². The van der Waals surface area contributed by atoms with Gasteiger partial charge in [-0.1, -0.05) is 11.8 Å². The summed E-state index contributed by atoms with van der Waals surface area (Å²) >= 11 is 1.61. The zero-order chi connectivity index (χ0) is 7.68. The Morgan fingerprint density at radius 3 is 3.18 bits per heavy atom. The van der Waals surface area contributed by atoms with E-state index in [0.29, 0.717) is 0 Å². The SMILES string of the molecule is CSc1cc2c[nH+]ccc2o1. The summed E-state index contributed by atoms with van der Waals surface area (Å²) < 4.78 is 5.46. The second kappa shape index (κ2) is 2.58. The Bertz CT molecular complexity index is 336. The fourth-order valence-electron chi connectivity index (χ4n) is 1.00. The smallest absolute Gasteiger partial charge is 0.178 e. The predicted octanol–water partition coefficient (Wildman–Crippen LogP) is 1.97. The van der Waals surface area contributed by atoms with Crippen molar-refractivity contribution in [3.63, 3.8) is 0 Å². The molecule has 0 aliphatic heterocycles. The lowest BCUT2D eigenvalue weighted by Crippen LogP contribution is -1.95. The molecule has 0 saturated carbocycles. The predicted molar refractivity (Wildman–Crippen MR) is 44.6 cm³/mol. The van der Waals surface area contributed by atoms with E-state index < -0.39 is 0 Å². The third-order valence-corrected chi connectivity index (χ3v) is 2.14. The first-order valence-corrected chi connectivity index (χ1v) is 4.56. The molecule has 1 N–H and O–H groups in total. The quantitative estimate of drug-likeness (QED) is 0.606. The average Bonchev–Trinajstić information content (AvgIpc) is 2.46. The number of nitrogens with one attached hydrogen (secondary N) is 1. The van der Waals surface area contributed by atoms with Crippen molar-refractivity contribution >= 4 is 22.7 Å². The molecule has 0 spiro atoms. The van der Waals surface area contributed by atoms with Crippen LogP contribution in [-0.2, 0) is 0 Å². The molecule has 0 aliphatic carbocycles. The average molecular weight is 166 g/mol. The summed E-state index contributed by atoms with van der Waals surface area (Å²) in [5, 5.41) is 2.08. The standard InChI is InChI=1S/C8H7NOS/c1-11-8-4-6-5-9-3-2-7(6)10-8/h2-5H,1H3/p+1. The van der Waals surface area contributed by atoms with Gasteiger partial charge in [0, 0.05) is 12.1 Å². The van der Waals surface area contributed by atoms with E-state index >= 15 is 0 Å². The van der Waals surface area contributed by atoms with Crippen molar-refractivity contribution in [3.05, 3.63) is 24.5 Å². The summed E-state index contributed by atoms with van der Waals surface area (Å²) in [4.78, 5) is 3.00. The van der Waals surface area contributed by atoms with Gasteiger partial charge in [-0.15, -0.1) is 0 Å². The molecule has 0 atom stereocenters. The van der Waals surface area contributed by atoms with Crippen LogP contribution in [0.25, 0.3) is 11.0 Å². The third-order valence-electron chi connectivity index (χ3n) is 1.54. The van der Waals surface area contributed by atoms with E-state index in [0.717, 1.165) is 16.1 Å². The van der Waals surface area contributed by atoms with Crippen molar-refractivity contribution in [2.45, 2.75) is 5.09 Å². The van der Waals surface area contributed by atoms with Crippen LogP contribution >= 0.6 is 11.8 Å². The summed E-state index contributed by atoms with van der Waals surface area (Å²) in [6, 6.07) is 3.95. The number of hydrogen-bond donors (Lipinski definition) is 0.